The van der Waals surface area contributed by atoms with Crippen molar-refractivity contribution in [2.75, 3.05) is 13.1 Å². The van der Waals surface area contributed by atoms with E-state index in [2.05, 4.69) is 89.4 Å². The molecule has 7 aromatic rings. The van der Waals surface area contributed by atoms with Gasteiger partial charge in [-0.15, -0.1) is 0 Å². The Hall–Kier alpha value is -5.14. The summed E-state index contributed by atoms with van der Waals surface area (Å²) in [5.41, 5.74) is 8.80. The number of halogens is 1. The van der Waals surface area contributed by atoms with Crippen molar-refractivity contribution >= 4 is 27.2 Å². The monoisotopic (exact) mass is 918 g/mol. The molecular weight excluding hydrogens is 865 g/mol. The number of aliphatic hydroxyl groups excluding tert-OH is 1. The Morgan fingerprint density at radius 2 is 1.06 bits per heavy atom. The first-order valence-electron chi connectivity index (χ1n) is 23.5. The first kappa shape index (κ1) is 40.4. The third-order valence-electron chi connectivity index (χ3n) is 15.2. The number of rotatable bonds is 12. The van der Waals surface area contributed by atoms with Gasteiger partial charge < -0.3 is 14.6 Å². The Morgan fingerprint density at radius 1 is 0.594 bits per heavy atom. The van der Waals surface area contributed by atoms with E-state index in [-0.39, 0.29) is 11.2 Å². The minimum absolute atomic E-state index is 0.0176. The van der Waals surface area contributed by atoms with E-state index in [1.165, 1.54) is 64.2 Å². The molecule has 4 saturated heterocycles. The molecule has 1 N–H and O–H groups in total. The molecule has 328 valence electrons. The van der Waals surface area contributed by atoms with Crippen LogP contribution >= 0.6 is 15.9 Å². The van der Waals surface area contributed by atoms with Gasteiger partial charge in [-0.05, 0) is 152 Å². The number of benzene rings is 3. The van der Waals surface area contributed by atoms with Crippen LogP contribution in [0.4, 0.5) is 0 Å². The normalized spacial score (nSPS) is 24.2. The molecule has 8 heterocycles. The van der Waals surface area contributed by atoms with Gasteiger partial charge in [0.05, 0.1) is 23.0 Å². The van der Waals surface area contributed by atoms with E-state index in [1.54, 1.807) is 17.6 Å². The Balaban J connectivity index is 0.000000139. The number of aromatic nitrogens is 6. The second-order valence-corrected chi connectivity index (χ2v) is 20.3. The van der Waals surface area contributed by atoms with Gasteiger partial charge in [0, 0.05) is 78.7 Å². The lowest BCUT2D eigenvalue weighted by atomic mass is 10.0. The van der Waals surface area contributed by atoms with Gasteiger partial charge in [0.2, 0.25) is 0 Å². The summed E-state index contributed by atoms with van der Waals surface area (Å²) in [4.78, 5) is 14.7. The van der Waals surface area contributed by atoms with Crippen molar-refractivity contribution in [3.05, 3.63) is 120 Å². The zero-order chi connectivity index (χ0) is 43.0. The molecule has 0 radical (unpaired) electrons. The van der Waals surface area contributed by atoms with Crippen LogP contribution in [0.2, 0.25) is 0 Å². The highest BCUT2D eigenvalue weighted by molar-refractivity contribution is 9.10. The Morgan fingerprint density at radius 3 is 1.55 bits per heavy atom. The molecule has 12 heteroatoms. The van der Waals surface area contributed by atoms with Crippen molar-refractivity contribution in [1.29, 1.82) is 0 Å². The third kappa shape index (κ3) is 7.80. The molecule has 6 aliphatic rings. The second-order valence-electron chi connectivity index (χ2n) is 19.5. The van der Waals surface area contributed by atoms with Crippen molar-refractivity contribution < 1.29 is 14.6 Å². The van der Waals surface area contributed by atoms with Gasteiger partial charge in [-0.25, -0.2) is 19.0 Å². The van der Waals surface area contributed by atoms with Crippen LogP contribution in [-0.2, 0) is 0 Å². The van der Waals surface area contributed by atoms with Gasteiger partial charge in [-0.1, -0.05) is 42.5 Å². The maximum Gasteiger partial charge on any atom is 0.169 e. The maximum atomic E-state index is 9.95. The molecule has 13 rings (SSSR count). The van der Waals surface area contributed by atoms with Crippen LogP contribution in [0.3, 0.4) is 0 Å². The summed E-state index contributed by atoms with van der Waals surface area (Å²) in [6.07, 6.45) is 26.7. The van der Waals surface area contributed by atoms with Crippen molar-refractivity contribution in [1.82, 2.24) is 39.0 Å². The van der Waals surface area contributed by atoms with E-state index >= 15 is 0 Å². The molecule has 4 aromatic heterocycles. The number of fused-ring (bicyclic) bond motifs is 6. The van der Waals surface area contributed by atoms with Crippen LogP contribution in [0.25, 0.3) is 44.7 Å². The minimum Gasteiger partial charge on any atom is -0.486 e. The Bertz CT molecular complexity index is 2770. The lowest BCUT2D eigenvalue weighted by molar-refractivity contribution is 0.104. The third-order valence-corrected chi connectivity index (χ3v) is 15.7. The average molecular weight is 920 g/mol. The summed E-state index contributed by atoms with van der Waals surface area (Å²) in [6.45, 7) is 3.98. The lowest BCUT2D eigenvalue weighted by Gasteiger charge is -2.28. The Labute approximate surface area is 382 Å². The van der Waals surface area contributed by atoms with E-state index in [4.69, 9.17) is 14.5 Å². The molecule has 0 unspecified atom stereocenters. The van der Waals surface area contributed by atoms with Gasteiger partial charge in [0.15, 0.2) is 11.3 Å². The SMILES string of the molecule is Brc1cnn2cc(-c3ccc(OC4(CN5C6CCC5CC6)CC4)cc3)cnc12.C[C@H](O)c1cccc(-c2cnn3cc(-c4ccc(OC5(CN6C7CCC6CC7)CC5)cc4)cnc23)c1. The molecule has 0 amide bonds. The predicted octanol–water partition coefficient (Wildman–Crippen LogP) is 10.4. The maximum absolute atomic E-state index is 9.95. The first-order chi connectivity index (χ1) is 31.3. The number of aliphatic hydroxyl groups is 1. The van der Waals surface area contributed by atoms with E-state index in [0.29, 0.717) is 0 Å². The van der Waals surface area contributed by atoms with Gasteiger partial charge in [0.1, 0.15) is 22.7 Å². The van der Waals surface area contributed by atoms with Crippen LogP contribution in [-0.4, -0.2) is 92.6 Å². The average Bonchev–Trinajstić information content (AvgIpc) is 3.74. The number of nitrogens with zero attached hydrogens (tertiary/aromatic N) is 8. The molecule has 64 heavy (non-hydrogen) atoms. The molecule has 2 saturated carbocycles. The molecule has 4 aliphatic heterocycles. The van der Waals surface area contributed by atoms with Crippen LogP contribution < -0.4 is 9.47 Å². The first-order valence-corrected chi connectivity index (χ1v) is 24.3. The van der Waals surface area contributed by atoms with Crippen molar-refractivity contribution in [2.24, 2.45) is 0 Å². The van der Waals surface area contributed by atoms with Gasteiger partial charge in [0.25, 0.3) is 0 Å². The topological polar surface area (TPSA) is 106 Å². The molecule has 0 spiro atoms. The van der Waals surface area contributed by atoms with Crippen LogP contribution in [0, 0.1) is 0 Å². The standard InChI is InChI=1S/C30H32N4O2.C22H23BrN4O/c1-20(35)22-3-2-4-23(15-22)28-17-32-34-18-24(16-31-29(28)34)21-5-11-27(12-6-21)36-30(13-14-30)19-33-25-7-8-26(33)10-9-25;23-20-12-25-27-13-16(11-24-21(20)27)15-1-7-19(8-2-15)28-22(9-10-22)14-26-17-3-4-18(26)6-5-17/h2-6,11-12,15-18,20,25-26,35H,7-10,13-14,19H2,1H3;1-2,7-8,11-13,17-18H,3-6,9-10,14H2/t20-,25?,26?;/m0./s1. The highest BCUT2D eigenvalue weighted by Gasteiger charge is 2.52. The summed E-state index contributed by atoms with van der Waals surface area (Å²) in [6, 6.07) is 28.0. The fourth-order valence-electron chi connectivity index (χ4n) is 11.2. The smallest absolute Gasteiger partial charge is 0.169 e. The molecular formula is C52H55BrN8O3. The predicted molar refractivity (Wildman–Crippen MR) is 251 cm³/mol. The summed E-state index contributed by atoms with van der Waals surface area (Å²) < 4.78 is 17.6. The van der Waals surface area contributed by atoms with E-state index in [9.17, 15) is 5.11 Å². The van der Waals surface area contributed by atoms with Crippen LogP contribution in [0.5, 0.6) is 11.5 Å². The van der Waals surface area contributed by atoms with Crippen LogP contribution in [0.15, 0.2) is 114 Å². The summed E-state index contributed by atoms with van der Waals surface area (Å²) >= 11 is 3.47. The van der Waals surface area contributed by atoms with Gasteiger partial charge in [-0.2, -0.15) is 10.2 Å². The molecule has 11 nitrogen and oxygen atoms in total. The van der Waals surface area contributed by atoms with Crippen molar-refractivity contribution in [3.63, 3.8) is 0 Å². The minimum atomic E-state index is -0.511. The molecule has 4 bridgehead atoms. The summed E-state index contributed by atoms with van der Waals surface area (Å²) in [5.74, 6) is 1.93. The van der Waals surface area contributed by atoms with Gasteiger partial charge >= 0.3 is 0 Å². The summed E-state index contributed by atoms with van der Waals surface area (Å²) in [7, 11) is 0. The van der Waals surface area contributed by atoms with Crippen LogP contribution in [0.1, 0.15) is 95.6 Å². The van der Waals surface area contributed by atoms with E-state index in [1.807, 2.05) is 59.8 Å². The Kier molecular flexibility index (Phi) is 10.1. The second kappa shape index (κ2) is 16.1. The number of hydrogen-bond acceptors (Lipinski definition) is 9. The van der Waals surface area contributed by atoms with E-state index in [0.717, 1.165) is 116 Å². The van der Waals surface area contributed by atoms with Crippen molar-refractivity contribution in [2.45, 2.75) is 125 Å². The number of ether oxygens (including phenoxy) is 2. The zero-order valence-electron chi connectivity index (χ0n) is 36.4. The fourth-order valence-corrected chi connectivity index (χ4v) is 11.6. The fraction of sp³-hybridized carbons (Fsp3) is 0.423. The van der Waals surface area contributed by atoms with Gasteiger partial charge in [-0.3, -0.25) is 9.80 Å². The molecule has 3 aromatic carbocycles. The highest BCUT2D eigenvalue weighted by Crippen LogP contribution is 2.48. The molecule has 1 atom stereocenters. The van der Waals surface area contributed by atoms with Crippen molar-refractivity contribution in [3.8, 4) is 44.9 Å². The largest absolute Gasteiger partial charge is 0.486 e. The quantitative estimate of drug-likeness (QED) is 0.128. The molecule has 2 aliphatic carbocycles. The highest BCUT2D eigenvalue weighted by atomic mass is 79.9. The number of hydrogen-bond donors (Lipinski definition) is 1. The van der Waals surface area contributed by atoms with E-state index < -0.39 is 6.10 Å². The zero-order valence-corrected chi connectivity index (χ0v) is 38.0. The molecule has 6 fully saturated rings. The lowest BCUT2D eigenvalue weighted by Crippen LogP contribution is -2.40. The summed E-state index contributed by atoms with van der Waals surface area (Å²) in [5, 5.41) is 18.8.